The Balaban J connectivity index is 2.94. The van der Waals surface area contributed by atoms with Gasteiger partial charge in [0.1, 0.15) is 23.9 Å². The van der Waals surface area contributed by atoms with E-state index in [1.54, 1.807) is 13.8 Å². The first-order chi connectivity index (χ1) is 15.4. The van der Waals surface area contributed by atoms with E-state index in [0.29, 0.717) is 5.56 Å². The molecule has 3 amide bonds. The molecule has 0 aliphatic carbocycles. The van der Waals surface area contributed by atoms with Crippen LogP contribution in [0.4, 0.5) is 0 Å². The van der Waals surface area contributed by atoms with E-state index >= 15 is 0 Å². The first kappa shape index (κ1) is 27.4. The molecule has 0 saturated carbocycles. The number of amides is 3. The van der Waals surface area contributed by atoms with Crippen molar-refractivity contribution in [1.29, 1.82) is 0 Å². The van der Waals surface area contributed by atoms with Gasteiger partial charge in [0.05, 0.1) is 6.54 Å². The number of carbonyl (C=O) groups excluding carboxylic acids is 3. The molecule has 0 fully saturated rings. The molecule has 0 spiro atoms. The third-order valence-corrected chi connectivity index (χ3v) is 4.72. The van der Waals surface area contributed by atoms with Crippen molar-refractivity contribution in [2.24, 2.45) is 11.7 Å². The molecule has 3 unspecified atom stereocenters. The van der Waals surface area contributed by atoms with Gasteiger partial charge in [-0.3, -0.25) is 19.2 Å². The zero-order valence-corrected chi connectivity index (χ0v) is 18.4. The Hall–Kier alpha value is -3.67. The highest BCUT2D eigenvalue weighted by Gasteiger charge is 2.31. The van der Waals surface area contributed by atoms with Crippen LogP contribution in [0.5, 0.6) is 5.75 Å². The fourth-order valence-corrected chi connectivity index (χ4v) is 2.91. The molecule has 0 aromatic heterocycles. The van der Waals surface area contributed by atoms with Crippen LogP contribution in [0.2, 0.25) is 0 Å². The molecule has 182 valence electrons. The molecule has 0 saturated heterocycles. The van der Waals surface area contributed by atoms with Gasteiger partial charge >= 0.3 is 11.9 Å². The maximum Gasteiger partial charge on any atom is 0.326 e. The molecule has 1 aromatic rings. The lowest BCUT2D eigenvalue weighted by atomic mass is 10.0. The number of rotatable bonds is 13. The van der Waals surface area contributed by atoms with Crippen LogP contribution in [0, 0.1) is 5.92 Å². The van der Waals surface area contributed by atoms with Crippen molar-refractivity contribution in [3.05, 3.63) is 29.8 Å². The van der Waals surface area contributed by atoms with Gasteiger partial charge in [0.25, 0.3) is 0 Å². The maximum atomic E-state index is 12.8. The number of hydrogen-bond donors (Lipinski definition) is 7. The number of benzene rings is 1. The summed E-state index contributed by atoms with van der Waals surface area (Å²) in [5.41, 5.74) is 5.79. The second-order valence-electron chi connectivity index (χ2n) is 7.76. The van der Waals surface area contributed by atoms with Crippen LogP contribution in [0.25, 0.3) is 0 Å². The highest BCUT2D eigenvalue weighted by atomic mass is 16.4. The Morgan fingerprint density at radius 1 is 0.909 bits per heavy atom. The van der Waals surface area contributed by atoms with E-state index < -0.39 is 66.7 Å². The molecule has 0 aliphatic heterocycles. The zero-order valence-electron chi connectivity index (χ0n) is 18.4. The second kappa shape index (κ2) is 13.0. The second-order valence-corrected chi connectivity index (χ2v) is 7.76. The molecule has 3 atom stereocenters. The van der Waals surface area contributed by atoms with Crippen molar-refractivity contribution in [1.82, 2.24) is 16.0 Å². The van der Waals surface area contributed by atoms with Crippen LogP contribution in [0.1, 0.15) is 32.3 Å². The quantitative estimate of drug-likeness (QED) is 0.189. The summed E-state index contributed by atoms with van der Waals surface area (Å²) in [5, 5.41) is 34.9. The molecule has 8 N–H and O–H groups in total. The summed E-state index contributed by atoms with van der Waals surface area (Å²) in [4.78, 5) is 59.7. The van der Waals surface area contributed by atoms with Gasteiger partial charge in [-0.25, -0.2) is 4.79 Å². The van der Waals surface area contributed by atoms with Gasteiger partial charge in [-0.2, -0.15) is 0 Å². The molecule has 0 radical (unpaired) electrons. The summed E-state index contributed by atoms with van der Waals surface area (Å²) < 4.78 is 0. The molecular formula is C21H30N4O8. The first-order valence-electron chi connectivity index (χ1n) is 10.3. The molecule has 1 rings (SSSR count). The van der Waals surface area contributed by atoms with Crippen LogP contribution in [-0.2, 0) is 30.4 Å². The molecule has 33 heavy (non-hydrogen) atoms. The Labute approximate surface area is 190 Å². The van der Waals surface area contributed by atoms with E-state index in [0.717, 1.165) is 0 Å². The normalized spacial score (nSPS) is 13.5. The number of aromatic hydroxyl groups is 1. The van der Waals surface area contributed by atoms with Gasteiger partial charge in [-0.05, 0) is 30.0 Å². The number of phenols is 1. The number of nitrogens with two attached hydrogens (primary N) is 1. The van der Waals surface area contributed by atoms with Gasteiger partial charge in [0.2, 0.25) is 17.7 Å². The summed E-state index contributed by atoms with van der Waals surface area (Å²) >= 11 is 0. The highest BCUT2D eigenvalue weighted by Crippen LogP contribution is 2.12. The molecule has 12 heteroatoms. The van der Waals surface area contributed by atoms with Crippen LogP contribution < -0.4 is 21.7 Å². The average Bonchev–Trinajstić information content (AvgIpc) is 2.74. The summed E-state index contributed by atoms with van der Waals surface area (Å²) in [6.45, 7) is 2.85. The predicted molar refractivity (Wildman–Crippen MR) is 116 cm³/mol. The fourth-order valence-electron chi connectivity index (χ4n) is 2.91. The van der Waals surface area contributed by atoms with E-state index in [1.807, 2.05) is 0 Å². The van der Waals surface area contributed by atoms with Crippen molar-refractivity contribution in [3.63, 3.8) is 0 Å². The number of carboxylic acids is 2. The summed E-state index contributed by atoms with van der Waals surface area (Å²) in [7, 11) is 0. The van der Waals surface area contributed by atoms with E-state index in [1.165, 1.54) is 24.3 Å². The van der Waals surface area contributed by atoms with E-state index in [9.17, 15) is 34.2 Å². The Bertz CT molecular complexity index is 856. The summed E-state index contributed by atoms with van der Waals surface area (Å²) in [6.07, 6.45) is -0.693. The van der Waals surface area contributed by atoms with Gasteiger partial charge in [-0.15, -0.1) is 0 Å². The third kappa shape index (κ3) is 9.56. The van der Waals surface area contributed by atoms with Gasteiger partial charge in [0, 0.05) is 12.8 Å². The van der Waals surface area contributed by atoms with Crippen LogP contribution in [-0.4, -0.2) is 69.7 Å². The molecule has 0 aliphatic rings. The van der Waals surface area contributed by atoms with Crippen molar-refractivity contribution >= 4 is 29.7 Å². The van der Waals surface area contributed by atoms with E-state index in [2.05, 4.69) is 16.0 Å². The molecular weight excluding hydrogens is 436 g/mol. The Kier molecular flexibility index (Phi) is 10.8. The van der Waals surface area contributed by atoms with Crippen molar-refractivity contribution < 1.29 is 39.3 Å². The lowest BCUT2D eigenvalue weighted by molar-refractivity contribution is -0.142. The van der Waals surface area contributed by atoms with Gasteiger partial charge in [-0.1, -0.05) is 26.0 Å². The Morgan fingerprint density at radius 2 is 1.52 bits per heavy atom. The number of aliphatic carboxylic acids is 2. The topological polar surface area (TPSA) is 208 Å². The SMILES string of the molecule is CC(C)C(NC(=O)C(CCC(=O)O)NC(=O)CN)C(=O)NC(Cc1ccc(O)cc1)C(=O)O. The number of nitrogens with one attached hydrogen (secondary N) is 3. The van der Waals surface area contributed by atoms with Crippen molar-refractivity contribution in [2.75, 3.05) is 6.54 Å². The van der Waals surface area contributed by atoms with E-state index in [4.69, 9.17) is 10.8 Å². The minimum Gasteiger partial charge on any atom is -0.508 e. The average molecular weight is 466 g/mol. The number of phenolic OH excluding ortho intramolecular Hbond substituents is 1. The van der Waals surface area contributed by atoms with Crippen LogP contribution in [0.15, 0.2) is 24.3 Å². The summed E-state index contributed by atoms with van der Waals surface area (Å²) in [6, 6.07) is 2.12. The Morgan fingerprint density at radius 3 is 2.00 bits per heavy atom. The minimum atomic E-state index is -1.31. The lowest BCUT2D eigenvalue weighted by Gasteiger charge is -2.26. The molecule has 1 aromatic carbocycles. The van der Waals surface area contributed by atoms with Crippen LogP contribution >= 0.6 is 0 Å². The first-order valence-corrected chi connectivity index (χ1v) is 10.3. The van der Waals surface area contributed by atoms with Crippen molar-refractivity contribution in [2.45, 2.75) is 51.2 Å². The fraction of sp³-hybridized carbons (Fsp3) is 0.476. The molecule has 0 bridgehead atoms. The monoisotopic (exact) mass is 466 g/mol. The smallest absolute Gasteiger partial charge is 0.326 e. The lowest BCUT2D eigenvalue weighted by Crippen LogP contribution is -2.58. The number of carbonyl (C=O) groups is 5. The molecule has 0 heterocycles. The van der Waals surface area contributed by atoms with Gasteiger partial charge < -0.3 is 37.0 Å². The largest absolute Gasteiger partial charge is 0.508 e. The van der Waals surface area contributed by atoms with Gasteiger partial charge in [0.15, 0.2) is 0 Å². The zero-order chi connectivity index (χ0) is 25.1. The van der Waals surface area contributed by atoms with Crippen LogP contribution in [0.3, 0.4) is 0 Å². The maximum absolute atomic E-state index is 12.8. The number of hydrogen-bond acceptors (Lipinski definition) is 7. The highest BCUT2D eigenvalue weighted by molar-refractivity contribution is 5.94. The molecule has 12 nitrogen and oxygen atoms in total. The standard InChI is InChI=1S/C21H30N4O8/c1-11(2)18(25-19(30)14(7-8-17(28)29)23-16(27)10-22)20(31)24-15(21(32)33)9-12-3-5-13(26)6-4-12/h3-6,11,14-15,18,26H,7-10,22H2,1-2H3,(H,23,27)(H,24,31)(H,25,30)(H,28,29)(H,32,33). The number of carboxylic acid groups (broad SMARTS) is 2. The van der Waals surface area contributed by atoms with Crippen molar-refractivity contribution in [3.8, 4) is 5.75 Å². The predicted octanol–water partition coefficient (Wildman–Crippen LogP) is -1.05. The summed E-state index contributed by atoms with van der Waals surface area (Å²) in [5.74, 6) is -5.14. The van der Waals surface area contributed by atoms with E-state index in [-0.39, 0.29) is 18.6 Å². The third-order valence-electron chi connectivity index (χ3n) is 4.72. The minimum absolute atomic E-state index is 0.0106.